The summed E-state index contributed by atoms with van der Waals surface area (Å²) in [4.78, 5) is 20.1. The first-order valence-corrected chi connectivity index (χ1v) is 11.6. The lowest BCUT2D eigenvalue weighted by atomic mass is 9.87. The summed E-state index contributed by atoms with van der Waals surface area (Å²) in [6, 6.07) is 11.2. The molecule has 0 aliphatic carbocycles. The first kappa shape index (κ1) is 22.4. The van der Waals surface area contributed by atoms with E-state index in [0.717, 1.165) is 48.7 Å². The number of allylic oxidation sites excluding steroid dienone is 1. The summed E-state index contributed by atoms with van der Waals surface area (Å²) < 4.78 is 40.0. The van der Waals surface area contributed by atoms with Gasteiger partial charge in [0.25, 0.3) is 0 Å². The Bertz CT molecular complexity index is 1490. The summed E-state index contributed by atoms with van der Waals surface area (Å²) in [6.45, 7) is 3.79. The molecule has 7 nitrogen and oxygen atoms in total. The number of aromatic nitrogens is 2. The monoisotopic (exact) mass is 489 g/mol. The van der Waals surface area contributed by atoms with Crippen LogP contribution in [0.2, 0.25) is 0 Å². The van der Waals surface area contributed by atoms with E-state index in [1.807, 2.05) is 24.4 Å². The molecule has 1 saturated heterocycles. The van der Waals surface area contributed by atoms with Crippen LogP contribution in [-0.4, -0.2) is 42.4 Å². The van der Waals surface area contributed by atoms with E-state index in [1.54, 1.807) is 24.7 Å². The van der Waals surface area contributed by atoms with Crippen LogP contribution in [0, 0.1) is 0 Å². The number of benzene rings is 1. The molecule has 2 N–H and O–H groups in total. The molecule has 3 aromatic rings. The van der Waals surface area contributed by atoms with Crippen molar-refractivity contribution in [1.29, 1.82) is 0 Å². The topological polar surface area (TPSA) is 77.8 Å². The Morgan fingerprint density at radius 1 is 1.00 bits per heavy atom. The van der Waals surface area contributed by atoms with Gasteiger partial charge < -0.3 is 15.5 Å². The standard InChI is InChI=1S/C26H22F3N7/c27-26(28,29)17-3-1-2-16(10-17)21-14-31-15-22-24(21)20-11-18(12-33-25(20)35-22)34-23-5-4-19(13-32-23)36-8-6-30-7-9-36/h1-5,10-15,21,30H,6-9H2,(H,32,34). The average Bonchev–Trinajstić information content (AvgIpc) is 3.27. The van der Waals surface area contributed by atoms with Crippen LogP contribution < -0.4 is 26.2 Å². The van der Waals surface area contributed by atoms with Gasteiger partial charge in [-0.15, -0.1) is 0 Å². The molecule has 36 heavy (non-hydrogen) atoms. The Labute approximate surface area is 204 Å². The average molecular weight is 490 g/mol. The predicted octanol–water partition coefficient (Wildman–Crippen LogP) is 3.14. The molecule has 3 aliphatic heterocycles. The summed E-state index contributed by atoms with van der Waals surface area (Å²) in [5, 5.41) is 7.38. The number of alkyl halides is 3. The number of anilines is 3. The second-order valence-corrected chi connectivity index (χ2v) is 8.80. The lowest BCUT2D eigenvalue weighted by molar-refractivity contribution is -0.137. The molecule has 1 atom stereocenters. The third-order valence-corrected chi connectivity index (χ3v) is 6.48. The molecule has 3 aliphatic rings. The fraction of sp³-hybridized carbons (Fsp3) is 0.231. The number of aliphatic imine (C=N–C) groups is 1. The number of nitrogens with one attached hydrogen (secondary N) is 2. The fourth-order valence-corrected chi connectivity index (χ4v) is 4.70. The Kier molecular flexibility index (Phi) is 5.52. The third kappa shape index (κ3) is 4.24. The quantitative estimate of drug-likeness (QED) is 0.589. The molecule has 2 aromatic heterocycles. The molecule has 182 valence electrons. The molecule has 1 unspecified atom stereocenters. The van der Waals surface area contributed by atoms with Gasteiger partial charge in [0.15, 0.2) is 5.49 Å². The Morgan fingerprint density at radius 2 is 1.86 bits per heavy atom. The van der Waals surface area contributed by atoms with Gasteiger partial charge in [-0.1, -0.05) is 18.2 Å². The van der Waals surface area contributed by atoms with E-state index < -0.39 is 17.7 Å². The lowest BCUT2D eigenvalue weighted by Gasteiger charge is -2.29. The highest BCUT2D eigenvalue weighted by Gasteiger charge is 2.32. The summed E-state index contributed by atoms with van der Waals surface area (Å²) >= 11 is 0. The number of hydrogen-bond acceptors (Lipinski definition) is 7. The SMILES string of the molecule is FC(F)(F)c1cccc(C2C=NC=C3N=c4ncc(Nc5ccc(N6CCNCC6)cn5)cc4=C32)c1. The van der Waals surface area contributed by atoms with Crippen LogP contribution in [0.4, 0.5) is 30.4 Å². The van der Waals surface area contributed by atoms with Gasteiger partial charge in [0.2, 0.25) is 0 Å². The predicted molar refractivity (Wildman–Crippen MR) is 132 cm³/mol. The Balaban J connectivity index is 1.32. The van der Waals surface area contributed by atoms with Crippen LogP contribution in [0.1, 0.15) is 17.0 Å². The van der Waals surface area contributed by atoms with Crippen LogP contribution in [0.3, 0.4) is 0 Å². The minimum Gasteiger partial charge on any atom is -0.368 e. The molecular formula is C26H22F3N7. The van der Waals surface area contributed by atoms with Crippen molar-refractivity contribution >= 4 is 29.0 Å². The highest BCUT2D eigenvalue weighted by Crippen LogP contribution is 2.36. The molecule has 10 heteroatoms. The minimum absolute atomic E-state index is 0.467. The molecule has 0 amide bonds. The van der Waals surface area contributed by atoms with Crippen LogP contribution in [-0.2, 0) is 6.18 Å². The van der Waals surface area contributed by atoms with Crippen LogP contribution >= 0.6 is 0 Å². The third-order valence-electron chi connectivity index (χ3n) is 6.48. The highest BCUT2D eigenvalue weighted by molar-refractivity contribution is 5.91. The van der Waals surface area contributed by atoms with Crippen LogP contribution in [0.15, 0.2) is 76.7 Å². The molecule has 0 saturated carbocycles. The second-order valence-electron chi connectivity index (χ2n) is 8.80. The van der Waals surface area contributed by atoms with Crippen molar-refractivity contribution < 1.29 is 13.2 Å². The first-order valence-electron chi connectivity index (χ1n) is 11.6. The van der Waals surface area contributed by atoms with Crippen molar-refractivity contribution in [1.82, 2.24) is 15.3 Å². The van der Waals surface area contributed by atoms with Crippen molar-refractivity contribution in [3.05, 3.63) is 88.6 Å². The molecule has 1 aromatic carbocycles. The van der Waals surface area contributed by atoms with Crippen LogP contribution in [0.5, 0.6) is 0 Å². The number of halogens is 3. The van der Waals surface area contributed by atoms with Gasteiger partial charge in [-0.05, 0) is 29.8 Å². The van der Waals surface area contributed by atoms with Crippen molar-refractivity contribution in [2.75, 3.05) is 36.4 Å². The molecular weight excluding hydrogens is 467 g/mol. The van der Waals surface area contributed by atoms with E-state index in [1.165, 1.54) is 12.1 Å². The zero-order valence-corrected chi connectivity index (χ0v) is 19.1. The van der Waals surface area contributed by atoms with Crippen molar-refractivity contribution in [3.63, 3.8) is 0 Å². The van der Waals surface area contributed by atoms with E-state index in [-0.39, 0.29) is 0 Å². The smallest absolute Gasteiger partial charge is 0.368 e. The Hall–Kier alpha value is -4.05. The lowest BCUT2D eigenvalue weighted by Crippen LogP contribution is -2.43. The van der Waals surface area contributed by atoms with Gasteiger partial charge in [-0.25, -0.2) is 15.0 Å². The number of pyridine rings is 2. The van der Waals surface area contributed by atoms with E-state index in [4.69, 9.17) is 0 Å². The molecule has 6 rings (SSSR count). The molecule has 0 radical (unpaired) electrons. The van der Waals surface area contributed by atoms with Gasteiger partial charge in [-0.2, -0.15) is 13.2 Å². The van der Waals surface area contributed by atoms with Crippen molar-refractivity contribution in [2.45, 2.75) is 12.1 Å². The number of hydrogen-bond donors (Lipinski definition) is 2. The summed E-state index contributed by atoms with van der Waals surface area (Å²) in [5.74, 6) is 0.205. The molecule has 0 bridgehead atoms. The van der Waals surface area contributed by atoms with Crippen molar-refractivity contribution in [3.8, 4) is 0 Å². The van der Waals surface area contributed by atoms with Gasteiger partial charge in [-0.3, -0.25) is 4.99 Å². The van der Waals surface area contributed by atoms with Crippen molar-refractivity contribution in [2.24, 2.45) is 9.98 Å². The highest BCUT2D eigenvalue weighted by atomic mass is 19.4. The van der Waals surface area contributed by atoms with Gasteiger partial charge in [0.1, 0.15) is 5.82 Å². The normalized spacial score (nSPS) is 18.9. The summed E-state index contributed by atoms with van der Waals surface area (Å²) in [7, 11) is 0. The zero-order valence-electron chi connectivity index (χ0n) is 19.1. The van der Waals surface area contributed by atoms with E-state index >= 15 is 0 Å². The Morgan fingerprint density at radius 3 is 2.64 bits per heavy atom. The van der Waals surface area contributed by atoms with Gasteiger partial charge in [0.05, 0.1) is 41.2 Å². The largest absolute Gasteiger partial charge is 0.416 e. The maximum atomic E-state index is 13.3. The molecule has 1 fully saturated rings. The van der Waals surface area contributed by atoms with Crippen LogP contribution in [0.25, 0.3) is 5.57 Å². The summed E-state index contributed by atoms with van der Waals surface area (Å²) in [6.07, 6.45) is 2.36. The fourth-order valence-electron chi connectivity index (χ4n) is 4.70. The van der Waals surface area contributed by atoms with Gasteiger partial charge in [0, 0.05) is 49.1 Å². The zero-order chi connectivity index (χ0) is 24.7. The van der Waals surface area contributed by atoms with E-state index in [9.17, 15) is 13.2 Å². The maximum absolute atomic E-state index is 13.3. The first-order chi connectivity index (χ1) is 17.5. The molecule has 5 heterocycles. The minimum atomic E-state index is -4.42. The van der Waals surface area contributed by atoms with E-state index in [0.29, 0.717) is 28.3 Å². The number of nitrogens with zero attached hydrogens (tertiary/aromatic N) is 5. The second kappa shape index (κ2) is 8.87. The van der Waals surface area contributed by atoms with E-state index in [2.05, 4.69) is 35.5 Å². The number of fused-ring (bicyclic) bond motifs is 2. The van der Waals surface area contributed by atoms with Gasteiger partial charge >= 0.3 is 6.18 Å². The number of rotatable bonds is 4. The molecule has 0 spiro atoms. The number of piperazine rings is 1. The maximum Gasteiger partial charge on any atom is 0.416 e. The summed E-state index contributed by atoms with van der Waals surface area (Å²) in [5.41, 5.74) is 3.51.